The number of hydrogen-bond donors (Lipinski definition) is 2. The molecule has 2 saturated heterocycles. The van der Waals surface area contributed by atoms with Gasteiger partial charge in [-0.2, -0.15) is 0 Å². The van der Waals surface area contributed by atoms with Crippen LogP contribution in [0.2, 0.25) is 0 Å². The van der Waals surface area contributed by atoms with Crippen molar-refractivity contribution >= 4 is 17.7 Å². The van der Waals surface area contributed by atoms with Gasteiger partial charge in [-0.05, 0) is 43.9 Å². The number of fused-ring (bicyclic) bond motifs is 4. The molecule has 31 heavy (non-hydrogen) atoms. The van der Waals surface area contributed by atoms with Crippen LogP contribution < -0.4 is 5.32 Å². The first-order chi connectivity index (χ1) is 14.7. The number of nitrogens with zero attached hydrogens (tertiary/aromatic N) is 2. The fourth-order valence-corrected chi connectivity index (χ4v) is 6.28. The highest BCUT2D eigenvalue weighted by Gasteiger charge is 2.60. The van der Waals surface area contributed by atoms with E-state index in [1.165, 1.54) is 4.90 Å². The van der Waals surface area contributed by atoms with Crippen LogP contribution in [-0.2, 0) is 28.2 Å². The first-order valence-electron chi connectivity index (χ1n) is 11.2. The number of benzene rings is 1. The molecule has 3 aliphatic heterocycles. The van der Waals surface area contributed by atoms with E-state index in [-0.39, 0.29) is 42.3 Å². The maximum Gasteiger partial charge on any atom is 0.255 e. The lowest BCUT2D eigenvalue weighted by atomic mass is 9.66. The molecule has 3 amide bonds. The van der Waals surface area contributed by atoms with E-state index in [1.54, 1.807) is 6.07 Å². The summed E-state index contributed by atoms with van der Waals surface area (Å²) in [6.45, 7) is 6.39. The molecule has 0 radical (unpaired) electrons. The minimum Gasteiger partial charge on any atom is -0.384 e. The van der Waals surface area contributed by atoms with Crippen LogP contribution in [0.5, 0.6) is 0 Å². The van der Waals surface area contributed by atoms with Gasteiger partial charge in [-0.3, -0.25) is 19.7 Å². The van der Waals surface area contributed by atoms with Crippen molar-refractivity contribution in [3.8, 4) is 0 Å². The second-order valence-corrected chi connectivity index (χ2v) is 9.44. The summed E-state index contributed by atoms with van der Waals surface area (Å²) in [5, 5.41) is 14.1. The van der Waals surface area contributed by atoms with E-state index in [0.717, 1.165) is 13.0 Å². The van der Waals surface area contributed by atoms with Crippen molar-refractivity contribution in [3.05, 3.63) is 34.1 Å². The Labute approximate surface area is 180 Å². The third-order valence-electron chi connectivity index (χ3n) is 8.12. The van der Waals surface area contributed by atoms with Gasteiger partial charge in [0.2, 0.25) is 11.8 Å². The van der Waals surface area contributed by atoms with Gasteiger partial charge in [0.1, 0.15) is 17.5 Å². The first kappa shape index (κ1) is 20.6. The molecule has 3 atom stereocenters. The summed E-state index contributed by atoms with van der Waals surface area (Å²) in [5.74, 6) is -1.75. The number of hydrogen-bond acceptors (Lipinski definition) is 5. The number of likely N-dealkylation sites (tertiary alicyclic amines) is 1. The minimum absolute atomic E-state index is 0.0180. The molecule has 4 aliphatic rings. The van der Waals surface area contributed by atoms with Gasteiger partial charge in [0.25, 0.3) is 5.91 Å². The number of nitrogens with one attached hydrogen (secondary N) is 1. The number of aliphatic hydroxyl groups is 1. The van der Waals surface area contributed by atoms with Crippen LogP contribution in [0, 0.1) is 11.2 Å². The Hall–Kier alpha value is -2.32. The van der Waals surface area contributed by atoms with Crippen LogP contribution in [0.3, 0.4) is 0 Å². The van der Waals surface area contributed by atoms with E-state index >= 15 is 4.39 Å². The summed E-state index contributed by atoms with van der Waals surface area (Å²) in [5.41, 5.74) is -0.133. The molecule has 2 N–H and O–H groups in total. The SMILES string of the molecule is CCN1CC[C@@]2(O)c3c(cc4c(c3F)CN(C3CCC(=O)NC3=O)C4=O)CC2(CC)C1. The fraction of sp³-hybridized carbons (Fsp3) is 0.609. The highest BCUT2D eigenvalue weighted by Crippen LogP contribution is 2.58. The molecule has 8 heteroatoms. The summed E-state index contributed by atoms with van der Waals surface area (Å²) < 4.78 is 15.9. The molecular weight excluding hydrogens is 401 g/mol. The van der Waals surface area contributed by atoms with Gasteiger partial charge < -0.3 is 14.9 Å². The van der Waals surface area contributed by atoms with Crippen molar-refractivity contribution in [1.82, 2.24) is 15.1 Å². The monoisotopic (exact) mass is 429 g/mol. The number of rotatable bonds is 3. The Morgan fingerprint density at radius 3 is 2.74 bits per heavy atom. The number of imide groups is 1. The summed E-state index contributed by atoms with van der Waals surface area (Å²) in [7, 11) is 0. The Balaban J connectivity index is 1.54. The lowest BCUT2D eigenvalue weighted by Crippen LogP contribution is -2.56. The zero-order valence-corrected chi connectivity index (χ0v) is 18.0. The third kappa shape index (κ3) is 2.67. The van der Waals surface area contributed by atoms with Crippen LogP contribution >= 0.6 is 0 Å². The molecular formula is C23H28FN3O4. The topological polar surface area (TPSA) is 89.9 Å². The Kier molecular flexibility index (Phi) is 4.54. The summed E-state index contributed by atoms with van der Waals surface area (Å²) in [6, 6.07) is 0.962. The number of halogens is 1. The second kappa shape index (κ2) is 6.84. The van der Waals surface area contributed by atoms with Gasteiger partial charge in [0.05, 0.1) is 6.54 Å². The molecule has 2 unspecified atom stereocenters. The van der Waals surface area contributed by atoms with E-state index in [4.69, 9.17) is 0 Å². The van der Waals surface area contributed by atoms with Crippen molar-refractivity contribution < 1.29 is 23.9 Å². The molecule has 2 fully saturated rings. The molecule has 0 bridgehead atoms. The van der Waals surface area contributed by atoms with E-state index in [1.807, 2.05) is 6.92 Å². The second-order valence-electron chi connectivity index (χ2n) is 9.44. The highest BCUT2D eigenvalue weighted by atomic mass is 19.1. The fourth-order valence-electron chi connectivity index (χ4n) is 6.28. The molecule has 5 rings (SSSR count). The Bertz CT molecular complexity index is 1010. The number of carbonyl (C=O) groups excluding carboxylic acids is 3. The summed E-state index contributed by atoms with van der Waals surface area (Å²) >= 11 is 0. The maximum atomic E-state index is 15.9. The van der Waals surface area contributed by atoms with E-state index in [2.05, 4.69) is 17.1 Å². The van der Waals surface area contributed by atoms with E-state index in [9.17, 15) is 19.5 Å². The Morgan fingerprint density at radius 2 is 2.06 bits per heavy atom. The van der Waals surface area contributed by atoms with Gasteiger partial charge in [-0.15, -0.1) is 0 Å². The quantitative estimate of drug-likeness (QED) is 0.710. The zero-order chi connectivity index (χ0) is 22.1. The van der Waals surface area contributed by atoms with Crippen LogP contribution in [0.25, 0.3) is 0 Å². The zero-order valence-electron chi connectivity index (χ0n) is 18.0. The average molecular weight is 429 g/mol. The smallest absolute Gasteiger partial charge is 0.255 e. The van der Waals surface area contributed by atoms with Crippen LogP contribution in [-0.4, -0.2) is 58.3 Å². The van der Waals surface area contributed by atoms with Crippen molar-refractivity contribution in [2.75, 3.05) is 19.6 Å². The molecule has 0 spiro atoms. The van der Waals surface area contributed by atoms with E-state index in [0.29, 0.717) is 37.1 Å². The molecule has 3 heterocycles. The molecule has 166 valence electrons. The third-order valence-corrected chi connectivity index (χ3v) is 8.12. The number of amides is 3. The van der Waals surface area contributed by atoms with Crippen LogP contribution in [0.1, 0.15) is 66.6 Å². The van der Waals surface area contributed by atoms with Crippen molar-refractivity contribution in [2.24, 2.45) is 5.41 Å². The van der Waals surface area contributed by atoms with Crippen LogP contribution in [0.15, 0.2) is 6.07 Å². The standard InChI is InChI=1S/C23H28FN3O4/c1-3-22-10-13-9-14-15(11-27(21(14)30)16-5-6-17(28)25-20(16)29)19(24)18(13)23(22,31)7-8-26(4-2)12-22/h9,16,31H,3-8,10-12H2,1-2H3,(H,25,28,29)/t16?,22?,23-/m1/s1. The predicted octanol–water partition coefficient (Wildman–Crippen LogP) is 1.45. The molecule has 1 aromatic carbocycles. The molecule has 1 aromatic rings. The molecule has 7 nitrogen and oxygen atoms in total. The minimum atomic E-state index is -1.26. The lowest BCUT2D eigenvalue weighted by Gasteiger charge is -2.50. The molecule has 0 aromatic heterocycles. The highest BCUT2D eigenvalue weighted by molar-refractivity contribution is 6.05. The Morgan fingerprint density at radius 1 is 1.29 bits per heavy atom. The molecule has 0 saturated carbocycles. The lowest BCUT2D eigenvalue weighted by molar-refractivity contribution is -0.137. The molecule has 1 aliphatic carbocycles. The summed E-state index contributed by atoms with van der Waals surface area (Å²) in [6.07, 6.45) is 2.10. The van der Waals surface area contributed by atoms with Crippen molar-refractivity contribution in [2.45, 2.75) is 64.1 Å². The van der Waals surface area contributed by atoms with Gasteiger partial charge in [-0.25, -0.2) is 4.39 Å². The first-order valence-corrected chi connectivity index (χ1v) is 11.2. The van der Waals surface area contributed by atoms with Crippen molar-refractivity contribution in [3.63, 3.8) is 0 Å². The number of piperidine rings is 2. The van der Waals surface area contributed by atoms with Crippen LogP contribution in [0.4, 0.5) is 4.39 Å². The van der Waals surface area contributed by atoms with Gasteiger partial charge >= 0.3 is 0 Å². The average Bonchev–Trinajstić information content (AvgIpc) is 3.20. The van der Waals surface area contributed by atoms with Gasteiger partial charge in [0.15, 0.2) is 0 Å². The maximum absolute atomic E-state index is 15.9. The van der Waals surface area contributed by atoms with Gasteiger partial charge in [-0.1, -0.05) is 13.8 Å². The normalized spacial score (nSPS) is 32.7. The van der Waals surface area contributed by atoms with Crippen molar-refractivity contribution in [1.29, 1.82) is 0 Å². The largest absolute Gasteiger partial charge is 0.384 e. The van der Waals surface area contributed by atoms with E-state index < -0.39 is 28.8 Å². The van der Waals surface area contributed by atoms with Gasteiger partial charge in [0, 0.05) is 41.6 Å². The number of carbonyl (C=O) groups is 3. The summed E-state index contributed by atoms with van der Waals surface area (Å²) in [4.78, 5) is 40.6. The predicted molar refractivity (Wildman–Crippen MR) is 110 cm³/mol.